The maximum atomic E-state index is 13.5. The second kappa shape index (κ2) is 15.1. The van der Waals surface area contributed by atoms with E-state index in [-0.39, 0.29) is 36.1 Å². The molecule has 1 aliphatic carbocycles. The number of hydrogen-bond acceptors (Lipinski definition) is 6. The Morgan fingerprint density at radius 2 is 1.67 bits per heavy atom. The summed E-state index contributed by atoms with van der Waals surface area (Å²) in [5, 5.41) is 10.9. The van der Waals surface area contributed by atoms with Crippen molar-refractivity contribution in [2.75, 3.05) is 33.2 Å². The maximum Gasteiger partial charge on any atom is 0.410 e. The molecule has 0 aromatic heterocycles. The zero-order valence-electron chi connectivity index (χ0n) is 26.2. The first-order chi connectivity index (χ1) is 22.2. The van der Waals surface area contributed by atoms with Crippen LogP contribution >= 0.6 is 0 Å². The highest BCUT2D eigenvalue weighted by atomic mass is 19.1. The molecule has 46 heavy (non-hydrogen) atoms. The van der Waals surface area contributed by atoms with Gasteiger partial charge in [-0.25, -0.2) is 9.18 Å². The number of nitro groups is 1. The van der Waals surface area contributed by atoms with Crippen molar-refractivity contribution >= 4 is 17.7 Å². The Hall–Kier alpha value is -4.57. The second-order valence-electron chi connectivity index (χ2n) is 12.3. The maximum absolute atomic E-state index is 13.5. The highest BCUT2D eigenvalue weighted by Gasteiger charge is 2.40. The molecule has 1 heterocycles. The van der Waals surface area contributed by atoms with Crippen molar-refractivity contribution in [3.8, 4) is 0 Å². The van der Waals surface area contributed by atoms with E-state index in [0.717, 1.165) is 45.3 Å². The predicted molar refractivity (Wildman–Crippen MR) is 174 cm³/mol. The molecule has 0 N–H and O–H groups in total. The van der Waals surface area contributed by atoms with Crippen LogP contribution in [0, 0.1) is 21.8 Å². The summed E-state index contributed by atoms with van der Waals surface area (Å²) in [6, 6.07) is 22.3. The number of benzene rings is 3. The summed E-state index contributed by atoms with van der Waals surface area (Å²) in [5.41, 5.74) is 2.44. The third-order valence-electron chi connectivity index (χ3n) is 9.42. The third-order valence-corrected chi connectivity index (χ3v) is 9.42. The van der Waals surface area contributed by atoms with Crippen molar-refractivity contribution in [3.63, 3.8) is 0 Å². The average Bonchev–Trinajstić information content (AvgIpc) is 3.50. The van der Waals surface area contributed by atoms with E-state index in [1.807, 2.05) is 18.0 Å². The number of ether oxygens (including phenoxy) is 1. The van der Waals surface area contributed by atoms with E-state index < -0.39 is 11.0 Å². The smallest absolute Gasteiger partial charge is 0.410 e. The van der Waals surface area contributed by atoms with Crippen molar-refractivity contribution in [1.82, 2.24) is 14.7 Å². The van der Waals surface area contributed by atoms with Gasteiger partial charge in [-0.15, -0.1) is 6.58 Å². The van der Waals surface area contributed by atoms with Crippen LogP contribution in [0.25, 0.3) is 0 Å². The summed E-state index contributed by atoms with van der Waals surface area (Å²) in [5.74, 6) is 0.197. The lowest BCUT2D eigenvalue weighted by atomic mass is 9.88. The molecule has 1 aliphatic heterocycles. The number of halogens is 1. The van der Waals surface area contributed by atoms with Crippen molar-refractivity contribution in [2.45, 2.75) is 50.3 Å². The first-order valence-electron chi connectivity index (χ1n) is 15.8. The Kier molecular flexibility index (Phi) is 10.8. The van der Waals surface area contributed by atoms with Gasteiger partial charge >= 0.3 is 6.09 Å². The lowest BCUT2D eigenvalue weighted by molar-refractivity contribution is -0.384. The molecule has 242 valence electrons. The number of carbonyl (C=O) groups excluding carboxylic acids is 2. The molecular formula is C36H41FN4O5. The fourth-order valence-corrected chi connectivity index (χ4v) is 6.88. The Morgan fingerprint density at radius 3 is 2.30 bits per heavy atom. The molecule has 1 saturated carbocycles. The average molecular weight is 629 g/mol. The largest absolute Gasteiger partial charge is 0.445 e. The first-order valence-corrected chi connectivity index (χ1v) is 15.8. The zero-order valence-corrected chi connectivity index (χ0v) is 26.2. The zero-order chi connectivity index (χ0) is 32.6. The minimum Gasteiger partial charge on any atom is -0.445 e. The molecule has 10 heteroatoms. The molecule has 3 aromatic carbocycles. The minimum atomic E-state index is -0.462. The van der Waals surface area contributed by atoms with Crippen molar-refractivity contribution in [2.24, 2.45) is 5.92 Å². The van der Waals surface area contributed by atoms with Crippen molar-refractivity contribution in [3.05, 3.63) is 124 Å². The quantitative estimate of drug-likeness (QED) is 0.134. The molecule has 0 spiro atoms. The van der Waals surface area contributed by atoms with Crippen molar-refractivity contribution < 1.29 is 23.6 Å². The van der Waals surface area contributed by atoms with Gasteiger partial charge in [0.15, 0.2) is 0 Å². The summed E-state index contributed by atoms with van der Waals surface area (Å²) < 4.78 is 19.1. The van der Waals surface area contributed by atoms with E-state index >= 15 is 0 Å². The summed E-state index contributed by atoms with van der Waals surface area (Å²) in [6.45, 7) is 6.80. The molecule has 3 aromatic rings. The van der Waals surface area contributed by atoms with E-state index in [4.69, 9.17) is 4.74 Å². The Bertz CT molecular complexity index is 1490. The van der Waals surface area contributed by atoms with Crippen molar-refractivity contribution in [1.29, 1.82) is 0 Å². The normalized spacial score (nSPS) is 20.2. The van der Waals surface area contributed by atoms with Crippen LogP contribution in [0.1, 0.15) is 53.1 Å². The SMILES string of the molecule is C=CCN(C(=O)OCc1ccc([N+](=O)[O-])cc1)C1CCN(CC2CC(N(C)C(=O)c3ccc(F)cc3)CC2c2ccccc2)CC1. The summed E-state index contributed by atoms with van der Waals surface area (Å²) >= 11 is 0. The van der Waals surface area contributed by atoms with Crippen LogP contribution in [0.2, 0.25) is 0 Å². The molecule has 0 bridgehead atoms. The van der Waals surface area contributed by atoms with Gasteiger partial charge in [-0.1, -0.05) is 36.4 Å². The molecule has 1 saturated heterocycles. The highest BCUT2D eigenvalue weighted by molar-refractivity contribution is 5.94. The van der Waals surface area contributed by atoms with E-state index in [0.29, 0.717) is 29.5 Å². The van der Waals surface area contributed by atoms with Crippen LogP contribution in [0.3, 0.4) is 0 Å². The van der Waals surface area contributed by atoms with Gasteiger partial charge in [-0.05, 0) is 85.0 Å². The molecular weight excluding hydrogens is 587 g/mol. The summed E-state index contributed by atoms with van der Waals surface area (Å²) in [4.78, 5) is 42.8. The molecule has 9 nitrogen and oxygen atoms in total. The van der Waals surface area contributed by atoms with Crippen LogP contribution < -0.4 is 0 Å². The predicted octanol–water partition coefficient (Wildman–Crippen LogP) is 6.66. The number of amides is 2. The van der Waals surface area contributed by atoms with E-state index in [1.54, 1.807) is 35.2 Å². The van der Waals surface area contributed by atoms with Gasteiger partial charge in [0.25, 0.3) is 11.6 Å². The van der Waals surface area contributed by atoms with Gasteiger partial charge in [0.05, 0.1) is 4.92 Å². The van der Waals surface area contributed by atoms with Crippen LogP contribution in [-0.2, 0) is 11.3 Å². The minimum absolute atomic E-state index is 0.0103. The van der Waals surface area contributed by atoms with Gasteiger partial charge in [0.1, 0.15) is 12.4 Å². The number of non-ortho nitro benzene ring substituents is 1. The number of rotatable bonds is 11. The number of nitro benzene ring substituents is 1. The van der Waals surface area contributed by atoms with Gasteiger partial charge in [0.2, 0.25) is 0 Å². The van der Waals surface area contributed by atoms with Gasteiger partial charge in [0, 0.05) is 63.0 Å². The molecule has 3 atom stereocenters. The van der Waals surface area contributed by atoms with Gasteiger partial charge < -0.3 is 19.4 Å². The van der Waals surface area contributed by atoms with Crippen LogP contribution in [0.15, 0.2) is 91.5 Å². The number of carbonyl (C=O) groups is 2. The lowest BCUT2D eigenvalue weighted by Gasteiger charge is -2.39. The Labute approximate surface area is 269 Å². The molecule has 2 fully saturated rings. The fraction of sp³-hybridized carbons (Fsp3) is 0.389. The molecule has 3 unspecified atom stereocenters. The highest BCUT2D eigenvalue weighted by Crippen LogP contribution is 2.42. The van der Waals surface area contributed by atoms with Crippen LogP contribution in [0.5, 0.6) is 0 Å². The Balaban J connectivity index is 1.19. The third kappa shape index (κ3) is 7.98. The monoisotopic (exact) mass is 628 g/mol. The first kappa shape index (κ1) is 32.8. The van der Waals surface area contributed by atoms with Gasteiger partial charge in [-0.3, -0.25) is 14.9 Å². The number of likely N-dealkylation sites (tertiary alicyclic amines) is 1. The fourth-order valence-electron chi connectivity index (χ4n) is 6.88. The van der Waals surface area contributed by atoms with Crippen LogP contribution in [0.4, 0.5) is 14.9 Å². The number of hydrogen-bond donors (Lipinski definition) is 0. The summed E-state index contributed by atoms with van der Waals surface area (Å²) in [7, 11) is 1.85. The molecule has 0 radical (unpaired) electrons. The second-order valence-corrected chi connectivity index (χ2v) is 12.3. The van der Waals surface area contributed by atoms with Crippen LogP contribution in [-0.4, -0.2) is 76.9 Å². The Morgan fingerprint density at radius 1 is 1.00 bits per heavy atom. The lowest BCUT2D eigenvalue weighted by Crippen LogP contribution is -2.48. The molecule has 5 rings (SSSR count). The summed E-state index contributed by atoms with van der Waals surface area (Å²) in [6.07, 6.45) is 4.62. The van der Waals surface area contributed by atoms with E-state index in [1.165, 1.54) is 29.8 Å². The standard InChI is InChI=1S/C36H41FN4O5/c1-3-19-40(36(43)46-25-26-9-15-32(16-10-26)41(44)45)31-17-20-39(21-18-31)24-29-22-33(23-34(29)27-7-5-4-6-8-27)38(2)35(42)28-11-13-30(37)14-12-28/h3-16,29,31,33-34H,1,17-25H2,2H3. The molecule has 2 amide bonds. The number of piperidine rings is 1. The topological polar surface area (TPSA) is 96.2 Å². The van der Waals surface area contributed by atoms with Gasteiger partial charge in [-0.2, -0.15) is 0 Å². The number of nitrogens with zero attached hydrogens (tertiary/aromatic N) is 4. The van der Waals surface area contributed by atoms with E-state index in [2.05, 4.69) is 35.7 Å². The molecule has 2 aliphatic rings. The van der Waals surface area contributed by atoms with E-state index in [9.17, 15) is 24.1 Å².